The van der Waals surface area contributed by atoms with Gasteiger partial charge in [-0.3, -0.25) is 0 Å². The molecule has 1 aromatic carbocycles. The fraction of sp³-hybridized carbons (Fsp3) is 0.167. The Balaban J connectivity index is 3.04. The third kappa shape index (κ3) is 2.22. The summed E-state index contributed by atoms with van der Waals surface area (Å²) in [6.07, 6.45) is 2.81. The van der Waals surface area contributed by atoms with E-state index in [4.69, 9.17) is 5.73 Å². The van der Waals surface area contributed by atoms with Crippen LogP contribution in [0.5, 0.6) is 0 Å². The minimum atomic E-state index is 0.619. The quantitative estimate of drug-likeness (QED) is 0.699. The van der Waals surface area contributed by atoms with Gasteiger partial charge in [0.05, 0.1) is 0 Å². The van der Waals surface area contributed by atoms with Crippen LogP contribution in [0.3, 0.4) is 0 Å². The first-order valence-corrected chi connectivity index (χ1v) is 4.30. The lowest BCUT2D eigenvalue weighted by Gasteiger charge is -2.06. The van der Waals surface area contributed by atoms with Crippen molar-refractivity contribution in [2.24, 2.45) is 5.73 Å². The van der Waals surface area contributed by atoms with Gasteiger partial charge in [0.25, 0.3) is 0 Å². The molecule has 0 spiro atoms. The summed E-state index contributed by atoms with van der Waals surface area (Å²) in [5, 5.41) is 0. The first kappa shape index (κ1) is 9.59. The van der Waals surface area contributed by atoms with Crippen LogP contribution in [0.15, 0.2) is 37.4 Å². The summed E-state index contributed by atoms with van der Waals surface area (Å²) in [6.45, 7) is 9.49. The summed E-state index contributed by atoms with van der Waals surface area (Å²) in [5.41, 5.74) is 9.75. The first-order valence-electron chi connectivity index (χ1n) is 4.30. The fourth-order valence-electron chi connectivity index (χ4n) is 1.28. The van der Waals surface area contributed by atoms with Crippen molar-refractivity contribution >= 4 is 5.70 Å². The minimum absolute atomic E-state index is 0.619. The molecule has 0 amide bonds. The molecule has 1 heteroatoms. The van der Waals surface area contributed by atoms with Gasteiger partial charge < -0.3 is 5.73 Å². The van der Waals surface area contributed by atoms with Gasteiger partial charge in [-0.05, 0) is 36.1 Å². The lowest BCUT2D eigenvalue weighted by atomic mass is 10.0. The van der Waals surface area contributed by atoms with Crippen LogP contribution in [0, 0.1) is 6.92 Å². The van der Waals surface area contributed by atoms with E-state index in [0.29, 0.717) is 5.70 Å². The van der Waals surface area contributed by atoms with Crippen LogP contribution < -0.4 is 5.73 Å². The molecule has 0 aliphatic carbocycles. The lowest BCUT2D eigenvalue weighted by Crippen LogP contribution is -1.96. The molecule has 1 rings (SSSR count). The maximum absolute atomic E-state index is 5.59. The van der Waals surface area contributed by atoms with Gasteiger partial charge in [0, 0.05) is 5.70 Å². The summed E-state index contributed by atoms with van der Waals surface area (Å²) >= 11 is 0. The SMILES string of the molecule is C=CCc1ccc(C(=C)N)cc1C. The van der Waals surface area contributed by atoms with Crippen LogP contribution in [0.2, 0.25) is 0 Å². The Morgan fingerprint density at radius 1 is 1.54 bits per heavy atom. The molecular weight excluding hydrogens is 158 g/mol. The predicted molar refractivity (Wildman–Crippen MR) is 58.3 cm³/mol. The average Bonchev–Trinajstić information content (AvgIpc) is 2.08. The van der Waals surface area contributed by atoms with Crippen molar-refractivity contribution in [1.29, 1.82) is 0 Å². The molecule has 1 aromatic rings. The fourth-order valence-corrected chi connectivity index (χ4v) is 1.28. The third-order valence-electron chi connectivity index (χ3n) is 2.08. The summed E-state index contributed by atoms with van der Waals surface area (Å²) in [6, 6.07) is 6.12. The Morgan fingerprint density at radius 3 is 2.69 bits per heavy atom. The Hall–Kier alpha value is -1.50. The second kappa shape index (κ2) is 3.94. The molecule has 0 aliphatic rings. The molecule has 0 aromatic heterocycles. The zero-order valence-electron chi connectivity index (χ0n) is 8.01. The van der Waals surface area contributed by atoms with Gasteiger partial charge in [-0.15, -0.1) is 6.58 Å². The maximum atomic E-state index is 5.59. The summed E-state index contributed by atoms with van der Waals surface area (Å²) in [7, 11) is 0. The van der Waals surface area contributed by atoms with Crippen LogP contribution in [-0.2, 0) is 6.42 Å². The van der Waals surface area contributed by atoms with Gasteiger partial charge in [0.1, 0.15) is 0 Å². The predicted octanol–water partition coefficient (Wildman–Crippen LogP) is 2.65. The molecule has 0 aliphatic heterocycles. The molecule has 68 valence electrons. The maximum Gasteiger partial charge on any atom is 0.0314 e. The summed E-state index contributed by atoms with van der Waals surface area (Å²) in [5.74, 6) is 0. The van der Waals surface area contributed by atoms with E-state index in [1.54, 1.807) is 0 Å². The van der Waals surface area contributed by atoms with Gasteiger partial charge in [0.15, 0.2) is 0 Å². The summed E-state index contributed by atoms with van der Waals surface area (Å²) in [4.78, 5) is 0. The molecule has 0 unspecified atom stereocenters. The Labute approximate surface area is 79.6 Å². The second-order valence-electron chi connectivity index (χ2n) is 3.16. The topological polar surface area (TPSA) is 26.0 Å². The largest absolute Gasteiger partial charge is 0.399 e. The van der Waals surface area contributed by atoms with E-state index in [2.05, 4.69) is 32.2 Å². The molecule has 1 nitrogen and oxygen atoms in total. The van der Waals surface area contributed by atoms with Crippen LogP contribution >= 0.6 is 0 Å². The Kier molecular flexibility index (Phi) is 2.91. The molecule has 0 radical (unpaired) electrons. The van der Waals surface area contributed by atoms with Gasteiger partial charge in [0.2, 0.25) is 0 Å². The highest BCUT2D eigenvalue weighted by Gasteiger charge is 1.98. The molecule has 0 bridgehead atoms. The van der Waals surface area contributed by atoms with E-state index in [9.17, 15) is 0 Å². The van der Waals surface area contributed by atoms with Crippen LogP contribution in [0.25, 0.3) is 5.70 Å². The molecule has 0 atom stereocenters. The molecule has 0 saturated carbocycles. The highest BCUT2D eigenvalue weighted by Crippen LogP contribution is 2.14. The smallest absolute Gasteiger partial charge is 0.0314 e. The molecule has 0 fully saturated rings. The molecule has 13 heavy (non-hydrogen) atoms. The van der Waals surface area contributed by atoms with Crippen LogP contribution in [0.4, 0.5) is 0 Å². The van der Waals surface area contributed by atoms with E-state index in [0.717, 1.165) is 12.0 Å². The van der Waals surface area contributed by atoms with Gasteiger partial charge in [-0.25, -0.2) is 0 Å². The Bertz CT molecular complexity index is 337. The van der Waals surface area contributed by atoms with E-state index in [1.165, 1.54) is 11.1 Å². The second-order valence-corrected chi connectivity index (χ2v) is 3.16. The van der Waals surface area contributed by atoms with Crippen molar-refractivity contribution in [2.75, 3.05) is 0 Å². The van der Waals surface area contributed by atoms with Crippen molar-refractivity contribution in [3.63, 3.8) is 0 Å². The highest BCUT2D eigenvalue weighted by molar-refractivity contribution is 5.61. The monoisotopic (exact) mass is 173 g/mol. The Morgan fingerprint density at radius 2 is 2.23 bits per heavy atom. The number of hydrogen-bond acceptors (Lipinski definition) is 1. The van der Waals surface area contributed by atoms with Gasteiger partial charge in [-0.1, -0.05) is 24.8 Å². The van der Waals surface area contributed by atoms with Gasteiger partial charge >= 0.3 is 0 Å². The van der Waals surface area contributed by atoms with Gasteiger partial charge in [-0.2, -0.15) is 0 Å². The van der Waals surface area contributed by atoms with E-state index in [1.807, 2.05) is 12.1 Å². The van der Waals surface area contributed by atoms with Crippen LogP contribution in [-0.4, -0.2) is 0 Å². The van der Waals surface area contributed by atoms with E-state index >= 15 is 0 Å². The lowest BCUT2D eigenvalue weighted by molar-refractivity contribution is 1.21. The number of allylic oxidation sites excluding steroid dienone is 1. The van der Waals surface area contributed by atoms with Crippen molar-refractivity contribution in [1.82, 2.24) is 0 Å². The number of hydrogen-bond donors (Lipinski definition) is 1. The van der Waals surface area contributed by atoms with Crippen molar-refractivity contribution in [3.05, 3.63) is 54.1 Å². The normalized spacial score (nSPS) is 9.62. The molecular formula is C12H15N. The number of rotatable bonds is 3. The standard InChI is InChI=1S/C12H15N/c1-4-5-11-6-7-12(10(3)13)8-9(11)2/h4,6-8H,1,3,5,13H2,2H3. The van der Waals surface area contributed by atoms with E-state index < -0.39 is 0 Å². The zero-order chi connectivity index (χ0) is 9.84. The number of nitrogens with two attached hydrogens (primary N) is 1. The average molecular weight is 173 g/mol. The number of aryl methyl sites for hydroxylation is 1. The molecule has 0 saturated heterocycles. The van der Waals surface area contributed by atoms with Crippen molar-refractivity contribution in [3.8, 4) is 0 Å². The van der Waals surface area contributed by atoms with E-state index in [-0.39, 0.29) is 0 Å². The van der Waals surface area contributed by atoms with Crippen molar-refractivity contribution < 1.29 is 0 Å². The minimum Gasteiger partial charge on any atom is -0.399 e. The first-order chi connectivity index (χ1) is 6.15. The number of benzene rings is 1. The van der Waals surface area contributed by atoms with Crippen LogP contribution in [0.1, 0.15) is 16.7 Å². The molecule has 0 heterocycles. The zero-order valence-corrected chi connectivity index (χ0v) is 8.01. The molecule has 2 N–H and O–H groups in total. The highest BCUT2D eigenvalue weighted by atomic mass is 14.6. The van der Waals surface area contributed by atoms with Crippen molar-refractivity contribution in [2.45, 2.75) is 13.3 Å². The summed E-state index contributed by atoms with van der Waals surface area (Å²) < 4.78 is 0. The third-order valence-corrected chi connectivity index (χ3v) is 2.08.